The molecule has 3 aliphatic rings. The van der Waals surface area contributed by atoms with Crippen molar-refractivity contribution in [2.75, 3.05) is 23.7 Å². The van der Waals surface area contributed by atoms with Gasteiger partial charge in [0.25, 0.3) is 0 Å². The van der Waals surface area contributed by atoms with Crippen molar-refractivity contribution in [1.82, 2.24) is 19.9 Å². The summed E-state index contributed by atoms with van der Waals surface area (Å²) in [6, 6.07) is 4.70. The SMILES string of the molecule is CC1(C)CCCC(N2CCC(c3cnc(Nc4ccnc(Cl)c4)nc3NC3CCC(O)CC3)CC2)C1. The van der Waals surface area contributed by atoms with Gasteiger partial charge in [-0.2, -0.15) is 4.98 Å². The summed E-state index contributed by atoms with van der Waals surface area (Å²) in [6.07, 6.45) is 14.8. The van der Waals surface area contributed by atoms with Crippen LogP contribution >= 0.6 is 11.6 Å². The minimum Gasteiger partial charge on any atom is -0.393 e. The van der Waals surface area contributed by atoms with E-state index in [1.807, 2.05) is 12.3 Å². The van der Waals surface area contributed by atoms with Crippen molar-refractivity contribution in [3.63, 3.8) is 0 Å². The number of nitrogens with zero attached hydrogens (tertiary/aromatic N) is 4. The number of aromatic nitrogens is 3. The normalized spacial score (nSPS) is 27.5. The first-order valence-electron chi connectivity index (χ1n) is 13.8. The number of pyridine rings is 1. The lowest BCUT2D eigenvalue weighted by molar-refractivity contribution is 0.0744. The summed E-state index contributed by atoms with van der Waals surface area (Å²) >= 11 is 6.06. The molecule has 3 N–H and O–H groups in total. The number of rotatable bonds is 6. The maximum Gasteiger partial charge on any atom is 0.229 e. The van der Waals surface area contributed by atoms with E-state index in [0.29, 0.717) is 28.5 Å². The number of nitrogens with one attached hydrogen (secondary N) is 2. The minimum absolute atomic E-state index is 0.171. The smallest absolute Gasteiger partial charge is 0.229 e. The largest absolute Gasteiger partial charge is 0.393 e. The molecular weight excluding hydrogens is 472 g/mol. The maximum atomic E-state index is 9.96. The highest BCUT2D eigenvalue weighted by Crippen LogP contribution is 2.40. The average Bonchev–Trinajstić information content (AvgIpc) is 2.85. The van der Waals surface area contributed by atoms with Crippen molar-refractivity contribution in [3.05, 3.63) is 35.2 Å². The predicted octanol–water partition coefficient (Wildman–Crippen LogP) is 6.13. The van der Waals surface area contributed by atoms with Gasteiger partial charge in [0.05, 0.1) is 6.10 Å². The molecule has 3 fully saturated rings. The highest BCUT2D eigenvalue weighted by Gasteiger charge is 2.34. The third-order valence-electron chi connectivity index (χ3n) is 8.50. The Morgan fingerprint density at radius 1 is 1.06 bits per heavy atom. The minimum atomic E-state index is -0.171. The van der Waals surface area contributed by atoms with E-state index in [1.54, 1.807) is 12.3 Å². The third kappa shape index (κ3) is 6.48. The zero-order valence-electron chi connectivity index (χ0n) is 21.7. The summed E-state index contributed by atoms with van der Waals surface area (Å²) < 4.78 is 0. The number of aliphatic hydroxyl groups is 1. The van der Waals surface area contributed by atoms with Gasteiger partial charge in [0.15, 0.2) is 0 Å². The molecule has 2 aromatic rings. The molecule has 1 saturated heterocycles. The third-order valence-corrected chi connectivity index (χ3v) is 8.71. The first-order chi connectivity index (χ1) is 17.3. The molecule has 1 aliphatic heterocycles. The van der Waals surface area contributed by atoms with Gasteiger partial charge in [-0.1, -0.05) is 31.9 Å². The fourth-order valence-corrected chi connectivity index (χ4v) is 6.61. The lowest BCUT2D eigenvalue weighted by Crippen LogP contribution is -2.45. The van der Waals surface area contributed by atoms with Gasteiger partial charge in [0.1, 0.15) is 11.0 Å². The lowest BCUT2D eigenvalue weighted by atomic mass is 9.74. The zero-order chi connectivity index (χ0) is 25.1. The molecule has 2 aliphatic carbocycles. The van der Waals surface area contributed by atoms with E-state index in [0.717, 1.165) is 69.2 Å². The van der Waals surface area contributed by atoms with Crippen molar-refractivity contribution in [2.24, 2.45) is 5.41 Å². The molecule has 1 atom stereocenters. The highest BCUT2D eigenvalue weighted by atomic mass is 35.5. The summed E-state index contributed by atoms with van der Waals surface area (Å²) in [5, 5.41) is 17.4. The van der Waals surface area contributed by atoms with Crippen LogP contribution in [0.15, 0.2) is 24.5 Å². The number of anilines is 3. The molecule has 196 valence electrons. The van der Waals surface area contributed by atoms with E-state index >= 15 is 0 Å². The molecule has 8 heteroatoms. The van der Waals surface area contributed by atoms with Crippen LogP contribution in [0.3, 0.4) is 0 Å². The molecule has 0 aromatic carbocycles. The number of halogens is 1. The monoisotopic (exact) mass is 512 g/mol. The molecular formula is C28H41ClN6O. The molecule has 0 amide bonds. The summed E-state index contributed by atoms with van der Waals surface area (Å²) in [5.74, 6) is 1.95. The fraction of sp³-hybridized carbons (Fsp3) is 0.679. The van der Waals surface area contributed by atoms with Crippen molar-refractivity contribution < 1.29 is 5.11 Å². The number of hydrogen-bond donors (Lipinski definition) is 3. The summed E-state index contributed by atoms with van der Waals surface area (Å²) in [7, 11) is 0. The molecule has 3 heterocycles. The maximum absolute atomic E-state index is 9.96. The van der Waals surface area contributed by atoms with Crippen LogP contribution in [0, 0.1) is 5.41 Å². The predicted molar refractivity (Wildman–Crippen MR) is 146 cm³/mol. The van der Waals surface area contributed by atoms with E-state index < -0.39 is 0 Å². The van der Waals surface area contributed by atoms with Crippen LogP contribution in [0.1, 0.15) is 89.5 Å². The Morgan fingerprint density at radius 2 is 1.83 bits per heavy atom. The Hall–Kier alpha value is -1.96. The highest BCUT2D eigenvalue weighted by molar-refractivity contribution is 6.29. The van der Waals surface area contributed by atoms with Gasteiger partial charge in [-0.3, -0.25) is 0 Å². The standard InChI is InChI=1S/C28H41ClN6O/c1-28(2)12-3-4-22(17-28)35-14-10-19(11-15-35)24-18-31-27(33-21-9-13-30-25(29)16-21)34-26(24)32-20-5-7-23(36)8-6-20/h9,13,16,18-20,22-23,36H,3-8,10-12,14-15,17H2,1-2H3,(H2,30,31,32,33,34). The first-order valence-corrected chi connectivity index (χ1v) is 14.2. The van der Waals surface area contributed by atoms with Gasteiger partial charge < -0.3 is 20.6 Å². The van der Waals surface area contributed by atoms with E-state index in [-0.39, 0.29) is 6.10 Å². The molecule has 1 unspecified atom stereocenters. The van der Waals surface area contributed by atoms with Crippen molar-refractivity contribution in [3.8, 4) is 0 Å². The molecule has 5 rings (SSSR count). The van der Waals surface area contributed by atoms with E-state index in [4.69, 9.17) is 21.6 Å². The summed E-state index contributed by atoms with van der Waals surface area (Å²) in [4.78, 5) is 16.4. The Balaban J connectivity index is 1.30. The number of aliphatic hydroxyl groups excluding tert-OH is 1. The number of piperidine rings is 1. The van der Waals surface area contributed by atoms with Crippen LogP contribution in [0.25, 0.3) is 0 Å². The van der Waals surface area contributed by atoms with Crippen LogP contribution in [0.2, 0.25) is 5.15 Å². The second-order valence-corrected chi connectivity index (χ2v) is 12.3. The Labute approximate surface area is 220 Å². The summed E-state index contributed by atoms with van der Waals surface area (Å²) in [5.41, 5.74) is 2.52. The van der Waals surface area contributed by atoms with Crippen molar-refractivity contribution in [1.29, 1.82) is 0 Å². The van der Waals surface area contributed by atoms with E-state index in [2.05, 4.69) is 34.4 Å². The Kier molecular flexibility index (Phi) is 7.99. The topological polar surface area (TPSA) is 86.2 Å². The van der Waals surface area contributed by atoms with Crippen LogP contribution in [0.5, 0.6) is 0 Å². The van der Waals surface area contributed by atoms with Gasteiger partial charge in [0, 0.05) is 35.7 Å². The Bertz CT molecular complexity index is 1020. The van der Waals surface area contributed by atoms with Crippen molar-refractivity contribution in [2.45, 2.75) is 102 Å². The first kappa shape index (κ1) is 25.7. The molecule has 36 heavy (non-hydrogen) atoms. The van der Waals surface area contributed by atoms with Crippen LogP contribution in [-0.4, -0.2) is 56.2 Å². The quantitative estimate of drug-likeness (QED) is 0.401. The second-order valence-electron chi connectivity index (χ2n) is 11.9. The molecule has 2 saturated carbocycles. The Morgan fingerprint density at radius 3 is 2.56 bits per heavy atom. The average molecular weight is 513 g/mol. The molecule has 0 radical (unpaired) electrons. The van der Waals surface area contributed by atoms with E-state index in [1.165, 1.54) is 31.2 Å². The molecule has 7 nitrogen and oxygen atoms in total. The van der Waals surface area contributed by atoms with Crippen LogP contribution in [-0.2, 0) is 0 Å². The molecule has 2 aromatic heterocycles. The van der Waals surface area contributed by atoms with Gasteiger partial charge in [-0.25, -0.2) is 9.97 Å². The number of likely N-dealkylation sites (tertiary alicyclic amines) is 1. The van der Waals surface area contributed by atoms with Gasteiger partial charge in [0.2, 0.25) is 5.95 Å². The van der Waals surface area contributed by atoms with Crippen LogP contribution < -0.4 is 10.6 Å². The zero-order valence-corrected chi connectivity index (χ0v) is 22.5. The van der Waals surface area contributed by atoms with Crippen molar-refractivity contribution >= 4 is 29.1 Å². The van der Waals surface area contributed by atoms with Crippen LogP contribution in [0.4, 0.5) is 17.5 Å². The molecule has 0 spiro atoms. The van der Waals surface area contributed by atoms with Gasteiger partial charge in [-0.05, 0) is 94.3 Å². The number of hydrogen-bond acceptors (Lipinski definition) is 7. The summed E-state index contributed by atoms with van der Waals surface area (Å²) in [6.45, 7) is 7.16. The van der Waals surface area contributed by atoms with Gasteiger partial charge in [-0.15, -0.1) is 0 Å². The second kappa shape index (κ2) is 11.2. The fourth-order valence-electron chi connectivity index (χ4n) is 6.43. The van der Waals surface area contributed by atoms with E-state index in [9.17, 15) is 5.11 Å². The lowest BCUT2D eigenvalue weighted by Gasteiger charge is -2.44. The molecule has 0 bridgehead atoms. The van der Waals surface area contributed by atoms with Gasteiger partial charge >= 0.3 is 0 Å².